The molecule has 0 aliphatic carbocycles. The summed E-state index contributed by atoms with van der Waals surface area (Å²) in [6, 6.07) is 21.6. The molecular formula is C31H36Cl2N2O4. The third-order valence-electron chi connectivity index (χ3n) is 6.47. The van der Waals surface area contributed by atoms with Crippen molar-refractivity contribution in [3.63, 3.8) is 0 Å². The van der Waals surface area contributed by atoms with Gasteiger partial charge in [0, 0.05) is 25.4 Å². The van der Waals surface area contributed by atoms with Gasteiger partial charge in [-0.1, -0.05) is 66.5 Å². The maximum atomic E-state index is 13.7. The number of rotatable bonds is 14. The average Bonchev–Trinajstić information content (AvgIpc) is 2.95. The molecule has 0 unspecified atom stereocenters. The molecule has 3 rings (SSSR count). The van der Waals surface area contributed by atoms with Crippen LogP contribution in [-0.2, 0) is 22.6 Å². The van der Waals surface area contributed by atoms with Crippen LogP contribution in [0, 0.1) is 0 Å². The summed E-state index contributed by atoms with van der Waals surface area (Å²) in [4.78, 5) is 28.9. The van der Waals surface area contributed by atoms with E-state index >= 15 is 0 Å². The number of benzene rings is 3. The van der Waals surface area contributed by atoms with Crippen molar-refractivity contribution >= 4 is 35.0 Å². The molecule has 0 radical (unpaired) electrons. The van der Waals surface area contributed by atoms with Crippen LogP contribution in [0.1, 0.15) is 44.2 Å². The average molecular weight is 572 g/mol. The molecule has 1 N–H and O–H groups in total. The zero-order valence-electron chi connectivity index (χ0n) is 22.7. The molecule has 2 amide bonds. The Labute approximate surface area is 241 Å². The lowest BCUT2D eigenvalue weighted by atomic mass is 10.0. The first kappa shape index (κ1) is 30.3. The van der Waals surface area contributed by atoms with Gasteiger partial charge in [0.2, 0.25) is 11.8 Å². The summed E-state index contributed by atoms with van der Waals surface area (Å²) in [5, 5.41) is 3.91. The van der Waals surface area contributed by atoms with E-state index in [0.29, 0.717) is 35.2 Å². The van der Waals surface area contributed by atoms with Gasteiger partial charge in [0.1, 0.15) is 17.5 Å². The number of methoxy groups -OCH3 is 1. The quantitative estimate of drug-likeness (QED) is 0.218. The highest BCUT2D eigenvalue weighted by Gasteiger charge is 2.30. The molecule has 0 aliphatic rings. The zero-order chi connectivity index (χ0) is 28.2. The summed E-state index contributed by atoms with van der Waals surface area (Å²) in [6.07, 6.45) is 1.89. The predicted molar refractivity (Wildman–Crippen MR) is 157 cm³/mol. The second kappa shape index (κ2) is 15.4. The number of ether oxygens (including phenoxy) is 2. The van der Waals surface area contributed by atoms with E-state index in [-0.39, 0.29) is 30.8 Å². The first-order valence-electron chi connectivity index (χ1n) is 13.1. The Balaban J connectivity index is 1.80. The molecule has 8 heteroatoms. The van der Waals surface area contributed by atoms with E-state index < -0.39 is 6.04 Å². The molecule has 0 fully saturated rings. The molecule has 0 aromatic heterocycles. The standard InChI is InChI=1S/C31H36Cl2N2O4/c1-4-22(2)34-31(37)29(20-23-9-6-5-7-10-23)35(21-24-12-17-27(32)28(33)19-24)30(36)11-8-18-39-26-15-13-25(38-3)14-16-26/h5-7,9-10,12-17,19,22,29H,4,8,11,18,20-21H2,1-3H3,(H,34,37)/t22-,29+/m0/s1. The fourth-order valence-corrected chi connectivity index (χ4v) is 4.38. The minimum Gasteiger partial charge on any atom is -0.497 e. The minimum atomic E-state index is -0.703. The summed E-state index contributed by atoms with van der Waals surface area (Å²) in [5.41, 5.74) is 1.76. The molecule has 208 valence electrons. The molecule has 0 saturated carbocycles. The van der Waals surface area contributed by atoms with Crippen LogP contribution in [0.3, 0.4) is 0 Å². The molecule has 6 nitrogen and oxygen atoms in total. The van der Waals surface area contributed by atoms with Crippen LogP contribution in [0.5, 0.6) is 11.5 Å². The number of amides is 2. The summed E-state index contributed by atoms with van der Waals surface area (Å²) < 4.78 is 11.0. The summed E-state index contributed by atoms with van der Waals surface area (Å²) >= 11 is 12.4. The van der Waals surface area contributed by atoms with E-state index in [1.165, 1.54) is 0 Å². The molecule has 39 heavy (non-hydrogen) atoms. The van der Waals surface area contributed by atoms with E-state index in [1.807, 2.05) is 74.5 Å². The number of nitrogens with zero attached hydrogens (tertiary/aromatic N) is 1. The Morgan fingerprint density at radius 2 is 1.62 bits per heavy atom. The molecule has 0 spiro atoms. The number of hydrogen-bond donors (Lipinski definition) is 1. The van der Waals surface area contributed by atoms with E-state index in [0.717, 1.165) is 23.3 Å². The van der Waals surface area contributed by atoms with Gasteiger partial charge in [-0.3, -0.25) is 9.59 Å². The third-order valence-corrected chi connectivity index (χ3v) is 7.21. The van der Waals surface area contributed by atoms with Gasteiger partial charge in [-0.15, -0.1) is 0 Å². The molecule has 3 aromatic rings. The molecule has 0 bridgehead atoms. The van der Waals surface area contributed by atoms with Gasteiger partial charge in [0.05, 0.1) is 23.8 Å². The Bertz CT molecular complexity index is 1200. The first-order valence-corrected chi connectivity index (χ1v) is 13.9. The minimum absolute atomic E-state index is 0.0180. The number of carbonyl (C=O) groups excluding carboxylic acids is 2. The molecule has 0 heterocycles. The number of nitrogens with one attached hydrogen (secondary N) is 1. The van der Waals surface area contributed by atoms with E-state index in [9.17, 15) is 9.59 Å². The Hall–Kier alpha value is -3.22. The summed E-state index contributed by atoms with van der Waals surface area (Å²) in [6.45, 7) is 4.55. The van der Waals surface area contributed by atoms with Gasteiger partial charge in [-0.25, -0.2) is 0 Å². The maximum Gasteiger partial charge on any atom is 0.243 e. The van der Waals surface area contributed by atoms with Crippen LogP contribution in [-0.4, -0.2) is 42.5 Å². The van der Waals surface area contributed by atoms with Gasteiger partial charge in [0.15, 0.2) is 0 Å². The van der Waals surface area contributed by atoms with Crippen molar-refractivity contribution in [2.24, 2.45) is 0 Å². The highest BCUT2D eigenvalue weighted by atomic mass is 35.5. The lowest BCUT2D eigenvalue weighted by molar-refractivity contribution is -0.141. The van der Waals surface area contributed by atoms with E-state index in [1.54, 1.807) is 24.1 Å². The largest absolute Gasteiger partial charge is 0.497 e. The topological polar surface area (TPSA) is 67.9 Å². The van der Waals surface area contributed by atoms with Crippen molar-refractivity contribution in [1.82, 2.24) is 10.2 Å². The zero-order valence-corrected chi connectivity index (χ0v) is 24.2. The van der Waals surface area contributed by atoms with Gasteiger partial charge in [-0.2, -0.15) is 0 Å². The lowest BCUT2D eigenvalue weighted by Crippen LogP contribution is -2.52. The first-order chi connectivity index (χ1) is 18.8. The SMILES string of the molecule is CC[C@H](C)NC(=O)[C@@H](Cc1ccccc1)N(Cc1ccc(Cl)c(Cl)c1)C(=O)CCCOc1ccc(OC)cc1. The van der Waals surface area contributed by atoms with Crippen LogP contribution >= 0.6 is 23.2 Å². The van der Waals surface area contributed by atoms with Crippen LogP contribution in [0.15, 0.2) is 72.8 Å². The number of halogens is 2. The van der Waals surface area contributed by atoms with E-state index in [2.05, 4.69) is 5.32 Å². The van der Waals surface area contributed by atoms with E-state index in [4.69, 9.17) is 32.7 Å². The molecule has 0 saturated heterocycles. The van der Waals surface area contributed by atoms with Crippen molar-refractivity contribution in [2.75, 3.05) is 13.7 Å². The van der Waals surface area contributed by atoms with Gasteiger partial charge in [0.25, 0.3) is 0 Å². The molecule has 3 aromatic carbocycles. The van der Waals surface area contributed by atoms with Crippen molar-refractivity contribution < 1.29 is 19.1 Å². The van der Waals surface area contributed by atoms with Crippen molar-refractivity contribution in [3.05, 3.63) is 94.0 Å². The molecule has 2 atom stereocenters. The summed E-state index contributed by atoms with van der Waals surface area (Å²) in [5.74, 6) is 1.12. The Kier molecular flexibility index (Phi) is 12.0. The third kappa shape index (κ3) is 9.48. The maximum absolute atomic E-state index is 13.7. The fourth-order valence-electron chi connectivity index (χ4n) is 4.06. The number of hydrogen-bond acceptors (Lipinski definition) is 4. The van der Waals surface area contributed by atoms with Crippen molar-refractivity contribution in [3.8, 4) is 11.5 Å². The van der Waals surface area contributed by atoms with Crippen LogP contribution in [0.25, 0.3) is 0 Å². The monoisotopic (exact) mass is 570 g/mol. The van der Waals surface area contributed by atoms with Gasteiger partial charge in [-0.05, 0) is 67.3 Å². The smallest absolute Gasteiger partial charge is 0.243 e. The lowest BCUT2D eigenvalue weighted by Gasteiger charge is -2.32. The summed E-state index contributed by atoms with van der Waals surface area (Å²) in [7, 11) is 1.61. The fraction of sp³-hybridized carbons (Fsp3) is 0.355. The normalized spacial score (nSPS) is 12.3. The molecule has 0 aliphatic heterocycles. The van der Waals surface area contributed by atoms with Gasteiger partial charge >= 0.3 is 0 Å². The molecular weight excluding hydrogens is 535 g/mol. The second-order valence-corrected chi connectivity index (χ2v) is 10.2. The highest BCUT2D eigenvalue weighted by Crippen LogP contribution is 2.25. The predicted octanol–water partition coefficient (Wildman–Crippen LogP) is 6.72. The highest BCUT2D eigenvalue weighted by molar-refractivity contribution is 6.42. The van der Waals surface area contributed by atoms with Crippen LogP contribution in [0.2, 0.25) is 10.0 Å². The number of carbonyl (C=O) groups is 2. The Morgan fingerprint density at radius 1 is 0.923 bits per heavy atom. The van der Waals surface area contributed by atoms with Crippen molar-refractivity contribution in [2.45, 2.75) is 58.2 Å². The van der Waals surface area contributed by atoms with Crippen molar-refractivity contribution in [1.29, 1.82) is 0 Å². The Morgan fingerprint density at radius 3 is 2.26 bits per heavy atom. The second-order valence-electron chi connectivity index (χ2n) is 9.42. The van der Waals surface area contributed by atoms with Crippen LogP contribution < -0.4 is 14.8 Å². The van der Waals surface area contributed by atoms with Crippen LogP contribution in [0.4, 0.5) is 0 Å². The van der Waals surface area contributed by atoms with Gasteiger partial charge < -0.3 is 19.7 Å².